The van der Waals surface area contributed by atoms with E-state index in [9.17, 15) is 50.4 Å². The first kappa shape index (κ1) is 27.5. The van der Waals surface area contributed by atoms with Crippen molar-refractivity contribution in [3.05, 3.63) is 19.1 Å². The van der Waals surface area contributed by atoms with Crippen molar-refractivity contribution in [2.75, 3.05) is 0 Å². The number of hydrogen-bond acceptors (Lipinski definition) is 0. The molecule has 0 nitrogen and oxygen atoms in total. The Bertz CT molecular complexity index is 245. The van der Waals surface area contributed by atoms with Gasteiger partial charge in [-0.15, -0.1) is 0 Å². The zero-order chi connectivity index (χ0) is 16.4. The van der Waals surface area contributed by atoms with Crippen molar-refractivity contribution in [3.8, 4) is 0 Å². The van der Waals surface area contributed by atoms with Gasteiger partial charge < -0.3 is 0 Å². The molecule has 1 radical (unpaired) electrons. The van der Waals surface area contributed by atoms with E-state index in [-0.39, 0.29) is 16.5 Å². The summed E-state index contributed by atoms with van der Waals surface area (Å²) in [4.78, 5) is 0. The molecule has 0 aromatic carbocycles. The third-order valence-electron chi connectivity index (χ3n) is 0. The molecule has 127 valence electrons. The summed E-state index contributed by atoms with van der Waals surface area (Å²) in [6, 6.07) is 0. The molecular weight excluding hydrogens is 397 g/mol. The van der Waals surface area contributed by atoms with Crippen LogP contribution in [0.2, 0.25) is 0 Å². The maximum atomic E-state index is 9.87. The van der Waals surface area contributed by atoms with E-state index in [1.54, 1.807) is 0 Å². The van der Waals surface area contributed by atoms with Crippen LogP contribution in [0.5, 0.6) is 0 Å². The van der Waals surface area contributed by atoms with Gasteiger partial charge in [0.2, 0.25) is 0 Å². The van der Waals surface area contributed by atoms with Crippen molar-refractivity contribution in [1.29, 1.82) is 0 Å². The van der Waals surface area contributed by atoms with Gasteiger partial charge in [0.15, 0.2) is 0 Å². The van der Waals surface area contributed by atoms with Gasteiger partial charge in [-0.05, 0) is 0 Å². The maximum Gasteiger partial charge on any atom is 3.00 e. The van der Waals surface area contributed by atoms with Gasteiger partial charge in [-0.2, -0.15) is 0 Å². The van der Waals surface area contributed by atoms with Crippen LogP contribution in [0, 0.1) is 6.92 Å². The molecule has 0 atom stereocenters. The summed E-state index contributed by atoms with van der Waals surface area (Å²) in [6.45, 7) is 8.75. The normalized spacial score (nSPS) is 18.4. The van der Waals surface area contributed by atoms with E-state index >= 15 is 0 Å². The predicted molar refractivity (Wildman–Crippen MR) is 47.3 cm³/mol. The summed E-state index contributed by atoms with van der Waals surface area (Å²) in [5, 5.41) is 0. The molecule has 0 aromatic rings. The van der Waals surface area contributed by atoms with Gasteiger partial charge in [0.1, 0.15) is 0 Å². The molecule has 0 saturated carbocycles. The van der Waals surface area contributed by atoms with E-state index in [2.05, 4.69) is 13.5 Å². The molecule has 0 unspecified atom stereocenters. The Hall–Kier alpha value is 0.124. The maximum absolute atomic E-state index is 10.7. The zero-order valence-corrected chi connectivity index (χ0v) is 11.4. The van der Waals surface area contributed by atoms with Crippen LogP contribution >= 0.6 is 15.6 Å². The topological polar surface area (TPSA) is 0 Å². The van der Waals surface area contributed by atoms with Gasteiger partial charge in [-0.25, -0.2) is 19.1 Å². The third-order valence-corrected chi connectivity index (χ3v) is 0. The van der Waals surface area contributed by atoms with Gasteiger partial charge in [0.25, 0.3) is 0 Å². The van der Waals surface area contributed by atoms with E-state index in [1.165, 1.54) is 0 Å². The fourth-order valence-corrected chi connectivity index (χ4v) is 0. The fourth-order valence-electron chi connectivity index (χ4n) is 0. The monoisotopic (exact) mass is 403 g/mol. The molecule has 0 aromatic heterocycles. The Morgan fingerprint density at radius 3 is 0.684 bits per heavy atom. The quantitative estimate of drug-likeness (QED) is 0.166. The molecule has 0 aliphatic rings. The van der Waals surface area contributed by atoms with Crippen molar-refractivity contribution in [3.63, 3.8) is 0 Å². The van der Waals surface area contributed by atoms with E-state index < -0.39 is 15.6 Å². The number of rotatable bonds is 0. The van der Waals surface area contributed by atoms with Gasteiger partial charge >= 0.3 is 82.5 Å². The second kappa shape index (κ2) is 4.84. The van der Waals surface area contributed by atoms with Crippen LogP contribution < -0.4 is 0 Å². The number of hydrogen-bond donors (Lipinski definition) is 0. The van der Waals surface area contributed by atoms with Gasteiger partial charge in [0, 0.05) is 0 Å². The second-order valence-electron chi connectivity index (χ2n) is 2.87. The molecule has 15 heteroatoms. The van der Waals surface area contributed by atoms with E-state index in [0.717, 1.165) is 5.57 Å². The van der Waals surface area contributed by atoms with Crippen LogP contribution in [0.4, 0.5) is 50.4 Å². The molecular formula is C4H7F12NiP2. The van der Waals surface area contributed by atoms with Crippen molar-refractivity contribution in [1.82, 2.24) is 0 Å². The third kappa shape index (κ3) is 309000. The van der Waals surface area contributed by atoms with Gasteiger partial charge in [0.05, 0.1) is 0 Å². The molecule has 0 rings (SSSR count). The summed E-state index contributed by atoms with van der Waals surface area (Å²) in [5.41, 5.74) is 0.917. The Morgan fingerprint density at radius 2 is 0.684 bits per heavy atom. The van der Waals surface area contributed by atoms with Crippen molar-refractivity contribution in [2.45, 2.75) is 6.92 Å². The van der Waals surface area contributed by atoms with E-state index in [0.29, 0.717) is 0 Å². The number of allylic oxidation sites excluding steroid dienone is 1. The smallest absolute Gasteiger partial charge is 3.00 e. The molecule has 0 fully saturated rings. The van der Waals surface area contributed by atoms with Crippen LogP contribution in [-0.4, -0.2) is 0 Å². The predicted octanol–water partition coefficient (Wildman–Crippen LogP) is 8.16. The summed E-state index contributed by atoms with van der Waals surface area (Å²) in [5.74, 6) is 0. The average Bonchev–Trinajstić information content (AvgIpc) is 1.33. The van der Waals surface area contributed by atoms with E-state index in [4.69, 9.17) is 0 Å². The second-order valence-corrected chi connectivity index (χ2v) is 6.71. The fraction of sp³-hybridized carbons (Fsp3) is 0.250. The molecule has 0 spiro atoms. The molecule has 0 saturated heterocycles. The summed E-state index contributed by atoms with van der Waals surface area (Å²) in [6.07, 6.45) is 0. The average molecular weight is 404 g/mol. The van der Waals surface area contributed by atoms with Crippen molar-refractivity contribution < 1.29 is 66.9 Å². The Labute approximate surface area is 109 Å². The molecule has 0 aliphatic heterocycles. The minimum absolute atomic E-state index is 0. The van der Waals surface area contributed by atoms with Crippen LogP contribution in [0.1, 0.15) is 6.92 Å². The first-order valence-electron chi connectivity index (χ1n) is 3.24. The Morgan fingerprint density at radius 1 is 0.684 bits per heavy atom. The largest absolute Gasteiger partial charge is 3.00 e. The molecule has 0 amide bonds. The summed E-state index contributed by atoms with van der Waals surface area (Å²) >= 11 is 0. The molecule has 0 bridgehead atoms. The van der Waals surface area contributed by atoms with Crippen LogP contribution in [0.15, 0.2) is 12.2 Å². The van der Waals surface area contributed by atoms with Crippen LogP contribution in [0.3, 0.4) is 0 Å². The standard InChI is InChI=1S/C4H7.2F6P.Ni/c1-4(2)3;2*1-7(2,3,4,5)6;/h1-2H2,3H3;;;/q3*-1;+3. The first-order chi connectivity index (χ1) is 6.63. The van der Waals surface area contributed by atoms with E-state index in [1.807, 2.05) is 6.92 Å². The Balaban J connectivity index is -0.0000000900. The summed E-state index contributed by atoms with van der Waals surface area (Å²) in [7, 11) is -21.3. The summed E-state index contributed by atoms with van der Waals surface area (Å²) < 4.78 is 118. The Kier molecular flexibility index (Phi) is 7.00. The minimum atomic E-state index is -10.7. The number of halogens is 12. The molecule has 0 N–H and O–H groups in total. The van der Waals surface area contributed by atoms with Crippen molar-refractivity contribution >= 4 is 15.6 Å². The molecule has 0 heterocycles. The zero-order valence-electron chi connectivity index (χ0n) is 8.66. The minimum Gasteiger partial charge on any atom is 3.00 e. The van der Waals surface area contributed by atoms with Crippen molar-refractivity contribution in [2.24, 2.45) is 0 Å². The SMILES string of the molecule is C=C([CH2-])C.F[P-](F)(F)(F)(F)F.F[P-](F)(F)(F)(F)F.[Ni+3]. The van der Waals surface area contributed by atoms with Crippen LogP contribution in [0.25, 0.3) is 0 Å². The van der Waals surface area contributed by atoms with Gasteiger partial charge in [-0.1, -0.05) is 6.92 Å². The van der Waals surface area contributed by atoms with Crippen LogP contribution in [-0.2, 0) is 16.5 Å². The first-order valence-corrected chi connectivity index (χ1v) is 7.29. The van der Waals surface area contributed by atoms with Gasteiger partial charge in [-0.3, -0.25) is 0 Å². The molecule has 19 heavy (non-hydrogen) atoms. The molecule has 0 aliphatic carbocycles.